The predicted octanol–water partition coefficient (Wildman–Crippen LogP) is 3.20. The van der Waals surface area contributed by atoms with Crippen molar-refractivity contribution >= 4 is 29.2 Å². The molecule has 16 heavy (non-hydrogen) atoms. The van der Waals surface area contributed by atoms with Crippen LogP contribution in [0.3, 0.4) is 0 Å². The van der Waals surface area contributed by atoms with Gasteiger partial charge in [-0.15, -0.1) is 0 Å². The number of ether oxygens (including phenoxy) is 2. The zero-order valence-corrected chi connectivity index (χ0v) is 9.88. The van der Waals surface area contributed by atoms with Gasteiger partial charge >= 0.3 is 5.97 Å². The summed E-state index contributed by atoms with van der Waals surface area (Å²) >= 11 is 11.7. The molecule has 1 unspecified atom stereocenters. The third kappa shape index (κ3) is 2.15. The Hall–Kier alpha value is -1.19. The zero-order chi connectivity index (χ0) is 11.7. The molecule has 0 amide bonds. The van der Waals surface area contributed by atoms with Crippen molar-refractivity contribution in [2.24, 2.45) is 0 Å². The fourth-order valence-corrected chi connectivity index (χ4v) is 1.60. The van der Waals surface area contributed by atoms with E-state index in [4.69, 9.17) is 32.7 Å². The molecule has 2 rings (SSSR count). The normalized spacial score (nSPS) is 19.3. The van der Waals surface area contributed by atoms with E-state index in [-0.39, 0.29) is 5.97 Å². The third-order valence-corrected chi connectivity index (χ3v) is 2.89. The Labute approximate surface area is 103 Å². The maximum absolute atomic E-state index is 11.1. The van der Waals surface area contributed by atoms with E-state index in [2.05, 4.69) is 0 Å². The summed E-state index contributed by atoms with van der Waals surface area (Å²) in [6, 6.07) is 5.01. The van der Waals surface area contributed by atoms with E-state index in [1.165, 1.54) is 0 Å². The summed E-state index contributed by atoms with van der Waals surface area (Å²) in [5.41, 5.74) is 0.517. The molecule has 5 heteroatoms. The lowest BCUT2D eigenvalue weighted by molar-refractivity contribution is -0.148. The fourth-order valence-electron chi connectivity index (χ4n) is 1.26. The molecule has 1 aliphatic rings. The number of hydrogen-bond acceptors (Lipinski definition) is 3. The number of halogens is 2. The van der Waals surface area contributed by atoms with Crippen molar-refractivity contribution < 1.29 is 14.3 Å². The van der Waals surface area contributed by atoms with Crippen molar-refractivity contribution in [3.05, 3.63) is 39.9 Å². The van der Waals surface area contributed by atoms with E-state index in [0.717, 1.165) is 0 Å². The quantitative estimate of drug-likeness (QED) is 0.765. The van der Waals surface area contributed by atoms with E-state index in [1.807, 2.05) is 0 Å². The van der Waals surface area contributed by atoms with Gasteiger partial charge in [0.2, 0.25) is 0 Å². The molecular formula is C11H8Cl2O3. The van der Waals surface area contributed by atoms with Crippen LogP contribution < -0.4 is 4.74 Å². The van der Waals surface area contributed by atoms with Crippen LogP contribution in [-0.4, -0.2) is 12.3 Å². The van der Waals surface area contributed by atoms with Crippen LogP contribution in [0.5, 0.6) is 5.75 Å². The SMILES string of the molecule is CC1=CC(Oc2cccc(Cl)c2Cl)OC1=O. The van der Waals surface area contributed by atoms with Crippen molar-refractivity contribution in [1.29, 1.82) is 0 Å². The molecule has 1 atom stereocenters. The lowest BCUT2D eigenvalue weighted by Gasteiger charge is -2.12. The molecule has 84 valence electrons. The van der Waals surface area contributed by atoms with Crippen LogP contribution in [0.2, 0.25) is 10.0 Å². The van der Waals surface area contributed by atoms with Crippen molar-refractivity contribution in [2.45, 2.75) is 13.2 Å². The fraction of sp³-hybridized carbons (Fsp3) is 0.182. The summed E-state index contributed by atoms with van der Waals surface area (Å²) in [4.78, 5) is 11.1. The minimum atomic E-state index is -0.733. The molecule has 1 aromatic rings. The molecule has 0 aliphatic carbocycles. The minimum absolute atomic E-state index is 0.304. The standard InChI is InChI=1S/C11H8Cl2O3/c1-6-5-9(16-11(6)14)15-8-4-2-3-7(12)10(8)13/h2-5,9H,1H3. The smallest absolute Gasteiger partial charge is 0.336 e. The number of benzene rings is 1. The summed E-state index contributed by atoms with van der Waals surface area (Å²) in [5.74, 6) is 0.000988. The van der Waals surface area contributed by atoms with Gasteiger partial charge in [-0.2, -0.15) is 0 Å². The van der Waals surface area contributed by atoms with Gasteiger partial charge in [-0.3, -0.25) is 0 Å². The zero-order valence-electron chi connectivity index (χ0n) is 8.37. The maximum atomic E-state index is 11.1. The number of carbonyl (C=O) groups excluding carboxylic acids is 1. The number of esters is 1. The van der Waals surface area contributed by atoms with Gasteiger partial charge in [0.25, 0.3) is 6.29 Å². The lowest BCUT2D eigenvalue weighted by Crippen LogP contribution is -2.15. The Balaban J connectivity index is 2.17. The molecule has 0 saturated carbocycles. The first-order valence-corrected chi connectivity index (χ1v) is 5.33. The topological polar surface area (TPSA) is 35.5 Å². The van der Waals surface area contributed by atoms with Crippen LogP contribution in [0.1, 0.15) is 6.92 Å². The van der Waals surface area contributed by atoms with E-state index in [9.17, 15) is 4.79 Å². The van der Waals surface area contributed by atoms with Crippen molar-refractivity contribution in [3.63, 3.8) is 0 Å². The van der Waals surface area contributed by atoms with E-state index >= 15 is 0 Å². The highest BCUT2D eigenvalue weighted by Crippen LogP contribution is 2.33. The average Bonchev–Trinajstić information content (AvgIpc) is 2.54. The van der Waals surface area contributed by atoms with Gasteiger partial charge in [0.15, 0.2) is 0 Å². The summed E-state index contributed by atoms with van der Waals surface area (Å²) in [7, 11) is 0. The average molecular weight is 259 g/mol. The lowest BCUT2D eigenvalue weighted by atomic mass is 10.3. The first-order valence-electron chi connectivity index (χ1n) is 4.58. The highest BCUT2D eigenvalue weighted by Gasteiger charge is 2.24. The van der Waals surface area contributed by atoms with Crippen LogP contribution in [0.15, 0.2) is 29.8 Å². The molecule has 0 saturated heterocycles. The van der Waals surface area contributed by atoms with Crippen LogP contribution in [0.4, 0.5) is 0 Å². The summed E-state index contributed by atoms with van der Waals surface area (Å²) in [6.45, 7) is 1.66. The van der Waals surface area contributed by atoms with Gasteiger partial charge in [-0.05, 0) is 19.1 Å². The highest BCUT2D eigenvalue weighted by molar-refractivity contribution is 6.42. The van der Waals surface area contributed by atoms with Crippen LogP contribution in [0.25, 0.3) is 0 Å². The molecule has 1 aliphatic heterocycles. The first-order chi connectivity index (χ1) is 7.58. The van der Waals surface area contributed by atoms with E-state index in [1.54, 1.807) is 31.2 Å². The molecular weight excluding hydrogens is 251 g/mol. The molecule has 0 aromatic heterocycles. The summed E-state index contributed by atoms with van der Waals surface area (Å²) in [5, 5.41) is 0.697. The predicted molar refractivity (Wildman–Crippen MR) is 60.7 cm³/mol. The van der Waals surface area contributed by atoms with Gasteiger partial charge in [-0.1, -0.05) is 29.3 Å². The van der Waals surface area contributed by atoms with Crippen molar-refractivity contribution in [2.75, 3.05) is 0 Å². The third-order valence-electron chi connectivity index (χ3n) is 2.09. The van der Waals surface area contributed by atoms with Gasteiger partial charge in [0.1, 0.15) is 10.8 Å². The molecule has 0 N–H and O–H groups in total. The molecule has 0 fully saturated rings. The Morgan fingerprint density at radius 2 is 2.12 bits per heavy atom. The Kier molecular flexibility index (Phi) is 3.08. The molecule has 3 nitrogen and oxygen atoms in total. The van der Waals surface area contributed by atoms with Gasteiger partial charge < -0.3 is 9.47 Å². The van der Waals surface area contributed by atoms with E-state index < -0.39 is 6.29 Å². The monoisotopic (exact) mass is 258 g/mol. The molecule has 1 heterocycles. The number of hydrogen-bond donors (Lipinski definition) is 0. The summed E-state index contributed by atoms with van der Waals surface area (Å²) in [6.07, 6.45) is 0.850. The molecule has 0 spiro atoms. The van der Waals surface area contributed by atoms with Crippen LogP contribution in [-0.2, 0) is 9.53 Å². The first kappa shape index (κ1) is 11.3. The molecule has 1 aromatic carbocycles. The Morgan fingerprint density at radius 3 is 2.75 bits per heavy atom. The van der Waals surface area contributed by atoms with Gasteiger partial charge in [-0.25, -0.2) is 4.79 Å². The second kappa shape index (κ2) is 4.36. The van der Waals surface area contributed by atoms with E-state index in [0.29, 0.717) is 21.4 Å². The molecule has 0 bridgehead atoms. The van der Waals surface area contributed by atoms with Gasteiger partial charge in [0, 0.05) is 11.6 Å². The van der Waals surface area contributed by atoms with Crippen LogP contribution >= 0.6 is 23.2 Å². The number of cyclic esters (lactones) is 1. The minimum Gasteiger partial charge on any atom is -0.449 e. The number of rotatable bonds is 2. The Morgan fingerprint density at radius 1 is 1.38 bits per heavy atom. The van der Waals surface area contributed by atoms with Crippen molar-refractivity contribution in [3.8, 4) is 5.75 Å². The van der Waals surface area contributed by atoms with Crippen LogP contribution in [0, 0.1) is 0 Å². The van der Waals surface area contributed by atoms with Crippen molar-refractivity contribution in [1.82, 2.24) is 0 Å². The summed E-state index contributed by atoms with van der Waals surface area (Å²) < 4.78 is 10.3. The maximum Gasteiger partial charge on any atom is 0.336 e. The Bertz CT molecular complexity index is 468. The second-order valence-corrected chi connectivity index (χ2v) is 4.08. The molecule has 0 radical (unpaired) electrons. The van der Waals surface area contributed by atoms with Gasteiger partial charge in [0.05, 0.1) is 5.02 Å². The highest BCUT2D eigenvalue weighted by atomic mass is 35.5. The largest absolute Gasteiger partial charge is 0.449 e. The second-order valence-electron chi connectivity index (χ2n) is 3.29. The number of carbonyl (C=O) groups is 1.